The molecule has 1 aromatic rings. The highest BCUT2D eigenvalue weighted by Crippen LogP contribution is 2.26. The molecule has 1 saturated carbocycles. The summed E-state index contributed by atoms with van der Waals surface area (Å²) in [7, 11) is 1.61. The van der Waals surface area contributed by atoms with Crippen LogP contribution in [0.3, 0.4) is 0 Å². The third-order valence-corrected chi connectivity index (χ3v) is 3.77. The molecule has 2 N–H and O–H groups in total. The van der Waals surface area contributed by atoms with Gasteiger partial charge in [0.15, 0.2) is 0 Å². The van der Waals surface area contributed by atoms with Crippen molar-refractivity contribution in [1.29, 1.82) is 0 Å². The summed E-state index contributed by atoms with van der Waals surface area (Å²) in [6, 6.07) is 5.51. The van der Waals surface area contributed by atoms with Crippen LogP contribution in [0.1, 0.15) is 31.7 Å². The molecular formula is C16H22N2O3. The smallest absolute Gasteiger partial charge is 0.223 e. The summed E-state index contributed by atoms with van der Waals surface area (Å²) in [5.74, 6) is 1.02. The highest BCUT2D eigenvalue weighted by atomic mass is 16.5. The van der Waals surface area contributed by atoms with Crippen molar-refractivity contribution in [2.45, 2.75) is 32.6 Å². The minimum atomic E-state index is -0.107. The second-order valence-electron chi connectivity index (χ2n) is 5.38. The van der Waals surface area contributed by atoms with Gasteiger partial charge in [-0.1, -0.05) is 6.42 Å². The SMILES string of the molecule is COc1ccc(NC(C)=O)cc1CCNC(=O)C1CCC1. The van der Waals surface area contributed by atoms with Gasteiger partial charge in [-0.05, 0) is 43.0 Å². The zero-order chi connectivity index (χ0) is 15.2. The number of amides is 2. The first-order chi connectivity index (χ1) is 10.1. The Morgan fingerprint density at radius 2 is 2.10 bits per heavy atom. The normalized spacial score (nSPS) is 14.2. The van der Waals surface area contributed by atoms with E-state index in [1.807, 2.05) is 12.1 Å². The zero-order valence-corrected chi connectivity index (χ0v) is 12.6. The highest BCUT2D eigenvalue weighted by Gasteiger charge is 2.24. The van der Waals surface area contributed by atoms with Crippen molar-refractivity contribution < 1.29 is 14.3 Å². The van der Waals surface area contributed by atoms with Crippen molar-refractivity contribution in [3.8, 4) is 5.75 Å². The molecule has 0 saturated heterocycles. The maximum atomic E-state index is 11.8. The van der Waals surface area contributed by atoms with Crippen LogP contribution in [0.15, 0.2) is 18.2 Å². The molecule has 2 rings (SSSR count). The molecule has 114 valence electrons. The molecule has 0 radical (unpaired) electrons. The van der Waals surface area contributed by atoms with E-state index in [2.05, 4.69) is 10.6 Å². The Balaban J connectivity index is 1.93. The van der Waals surface area contributed by atoms with E-state index in [9.17, 15) is 9.59 Å². The third-order valence-electron chi connectivity index (χ3n) is 3.77. The number of hydrogen-bond donors (Lipinski definition) is 2. The van der Waals surface area contributed by atoms with E-state index in [0.717, 1.165) is 36.3 Å². The number of hydrogen-bond acceptors (Lipinski definition) is 3. The van der Waals surface area contributed by atoms with Crippen LogP contribution in [0.25, 0.3) is 0 Å². The Kier molecular flexibility index (Phi) is 5.20. The van der Waals surface area contributed by atoms with Gasteiger partial charge < -0.3 is 15.4 Å². The topological polar surface area (TPSA) is 67.4 Å². The van der Waals surface area contributed by atoms with Crippen molar-refractivity contribution in [3.63, 3.8) is 0 Å². The molecule has 0 bridgehead atoms. The van der Waals surface area contributed by atoms with E-state index < -0.39 is 0 Å². The minimum Gasteiger partial charge on any atom is -0.496 e. The van der Waals surface area contributed by atoms with Crippen LogP contribution in [-0.2, 0) is 16.0 Å². The fourth-order valence-corrected chi connectivity index (χ4v) is 2.39. The molecule has 2 amide bonds. The summed E-state index contributed by atoms with van der Waals surface area (Å²) < 4.78 is 5.32. The summed E-state index contributed by atoms with van der Waals surface area (Å²) in [4.78, 5) is 22.9. The first kappa shape index (κ1) is 15.4. The molecule has 21 heavy (non-hydrogen) atoms. The molecule has 0 atom stereocenters. The van der Waals surface area contributed by atoms with Crippen molar-refractivity contribution in [3.05, 3.63) is 23.8 Å². The number of carbonyl (C=O) groups excluding carboxylic acids is 2. The van der Waals surface area contributed by atoms with Gasteiger partial charge in [-0.15, -0.1) is 0 Å². The Morgan fingerprint density at radius 1 is 1.33 bits per heavy atom. The third kappa shape index (κ3) is 4.21. The number of nitrogens with one attached hydrogen (secondary N) is 2. The number of ether oxygens (including phenoxy) is 1. The number of methoxy groups -OCH3 is 1. The summed E-state index contributed by atoms with van der Waals surface area (Å²) in [6.45, 7) is 2.05. The van der Waals surface area contributed by atoms with E-state index in [0.29, 0.717) is 13.0 Å². The number of benzene rings is 1. The van der Waals surface area contributed by atoms with Crippen LogP contribution in [0.4, 0.5) is 5.69 Å². The Labute approximate surface area is 125 Å². The lowest BCUT2D eigenvalue weighted by molar-refractivity contribution is -0.127. The van der Waals surface area contributed by atoms with E-state index in [4.69, 9.17) is 4.74 Å². The van der Waals surface area contributed by atoms with Gasteiger partial charge in [0.1, 0.15) is 5.75 Å². The second-order valence-corrected chi connectivity index (χ2v) is 5.38. The monoisotopic (exact) mass is 290 g/mol. The van der Waals surface area contributed by atoms with Crippen LogP contribution in [0, 0.1) is 5.92 Å². The molecule has 5 nitrogen and oxygen atoms in total. The fraction of sp³-hybridized carbons (Fsp3) is 0.500. The molecule has 0 unspecified atom stereocenters. The molecule has 0 aromatic heterocycles. The number of rotatable bonds is 6. The maximum absolute atomic E-state index is 11.8. The van der Waals surface area contributed by atoms with Crippen LogP contribution in [0.5, 0.6) is 5.75 Å². The summed E-state index contributed by atoms with van der Waals surface area (Å²) >= 11 is 0. The van der Waals surface area contributed by atoms with Crippen molar-refractivity contribution in [1.82, 2.24) is 5.32 Å². The van der Waals surface area contributed by atoms with E-state index in [-0.39, 0.29) is 17.7 Å². The van der Waals surface area contributed by atoms with Crippen molar-refractivity contribution in [2.75, 3.05) is 19.0 Å². The van der Waals surface area contributed by atoms with Gasteiger partial charge in [-0.25, -0.2) is 0 Å². The van der Waals surface area contributed by atoms with Gasteiger partial charge in [-0.3, -0.25) is 9.59 Å². The molecular weight excluding hydrogens is 268 g/mol. The molecule has 0 heterocycles. The molecule has 0 aliphatic heterocycles. The van der Waals surface area contributed by atoms with Gasteiger partial charge in [0, 0.05) is 25.1 Å². The average Bonchev–Trinajstić information content (AvgIpc) is 2.36. The highest BCUT2D eigenvalue weighted by molar-refractivity contribution is 5.88. The lowest BCUT2D eigenvalue weighted by Gasteiger charge is -2.24. The quantitative estimate of drug-likeness (QED) is 0.843. The van der Waals surface area contributed by atoms with Gasteiger partial charge in [-0.2, -0.15) is 0 Å². The fourth-order valence-electron chi connectivity index (χ4n) is 2.39. The summed E-state index contributed by atoms with van der Waals surface area (Å²) in [5, 5.41) is 5.71. The molecule has 0 spiro atoms. The van der Waals surface area contributed by atoms with Crippen LogP contribution in [0.2, 0.25) is 0 Å². The average molecular weight is 290 g/mol. The lowest BCUT2D eigenvalue weighted by atomic mass is 9.85. The van der Waals surface area contributed by atoms with Crippen LogP contribution < -0.4 is 15.4 Å². The Bertz CT molecular complexity index is 524. The molecule has 5 heteroatoms. The molecule has 1 fully saturated rings. The summed E-state index contributed by atoms with van der Waals surface area (Å²) in [6.07, 6.45) is 3.85. The zero-order valence-electron chi connectivity index (χ0n) is 12.6. The largest absolute Gasteiger partial charge is 0.496 e. The van der Waals surface area contributed by atoms with Gasteiger partial charge >= 0.3 is 0 Å². The summed E-state index contributed by atoms with van der Waals surface area (Å²) in [5.41, 5.74) is 1.71. The van der Waals surface area contributed by atoms with Crippen LogP contribution in [-0.4, -0.2) is 25.5 Å². The minimum absolute atomic E-state index is 0.107. The van der Waals surface area contributed by atoms with Gasteiger partial charge in [0.05, 0.1) is 7.11 Å². The van der Waals surface area contributed by atoms with Crippen LogP contribution >= 0.6 is 0 Å². The van der Waals surface area contributed by atoms with Crippen molar-refractivity contribution in [2.24, 2.45) is 5.92 Å². The molecule has 1 aromatic carbocycles. The number of carbonyl (C=O) groups is 2. The Morgan fingerprint density at radius 3 is 2.67 bits per heavy atom. The number of anilines is 1. The standard InChI is InChI=1S/C16H22N2O3/c1-11(19)18-14-6-7-15(21-2)13(10-14)8-9-17-16(20)12-4-3-5-12/h6-7,10,12H,3-5,8-9H2,1-2H3,(H,17,20)(H,18,19). The first-order valence-electron chi connectivity index (χ1n) is 7.32. The predicted octanol–water partition coefficient (Wildman–Crippen LogP) is 2.11. The second kappa shape index (κ2) is 7.11. The van der Waals surface area contributed by atoms with E-state index in [1.54, 1.807) is 13.2 Å². The maximum Gasteiger partial charge on any atom is 0.223 e. The Hall–Kier alpha value is -2.04. The van der Waals surface area contributed by atoms with E-state index in [1.165, 1.54) is 6.92 Å². The molecule has 1 aliphatic rings. The van der Waals surface area contributed by atoms with E-state index >= 15 is 0 Å². The predicted molar refractivity (Wildman–Crippen MR) is 81.4 cm³/mol. The lowest BCUT2D eigenvalue weighted by Crippen LogP contribution is -2.35. The molecule has 1 aliphatic carbocycles. The van der Waals surface area contributed by atoms with Crippen molar-refractivity contribution >= 4 is 17.5 Å². The first-order valence-corrected chi connectivity index (χ1v) is 7.32. The van der Waals surface area contributed by atoms with Gasteiger partial charge in [0.2, 0.25) is 11.8 Å². The van der Waals surface area contributed by atoms with Gasteiger partial charge in [0.25, 0.3) is 0 Å².